The van der Waals surface area contributed by atoms with E-state index in [0.29, 0.717) is 63.9 Å². The van der Waals surface area contributed by atoms with Gasteiger partial charge in [-0.2, -0.15) is 4.31 Å². The summed E-state index contributed by atoms with van der Waals surface area (Å²) in [5, 5.41) is 2.94. The Kier molecular flexibility index (Phi) is 5.45. The van der Waals surface area contributed by atoms with Crippen molar-refractivity contribution >= 4 is 15.9 Å². The number of hydrogen-bond acceptors (Lipinski definition) is 6. The molecule has 1 N–H and O–H groups in total. The van der Waals surface area contributed by atoms with Crippen LogP contribution in [-0.4, -0.2) is 76.5 Å². The molecule has 0 spiro atoms. The number of amides is 1. The van der Waals surface area contributed by atoms with Crippen molar-refractivity contribution in [2.75, 3.05) is 53.0 Å². The van der Waals surface area contributed by atoms with Crippen LogP contribution in [0.25, 0.3) is 0 Å². The Labute approximate surface area is 147 Å². The number of benzene rings is 1. The summed E-state index contributed by atoms with van der Waals surface area (Å²) < 4.78 is 38.0. The van der Waals surface area contributed by atoms with Crippen LogP contribution >= 0.6 is 0 Å². The number of sulfonamides is 1. The fourth-order valence-electron chi connectivity index (χ4n) is 2.90. The van der Waals surface area contributed by atoms with Crippen molar-refractivity contribution in [3.05, 3.63) is 18.2 Å². The molecule has 138 valence electrons. The minimum absolute atomic E-state index is 0.0470. The van der Waals surface area contributed by atoms with Crippen LogP contribution in [-0.2, 0) is 14.8 Å². The number of fused-ring (bicyclic) bond motifs is 1. The van der Waals surface area contributed by atoms with Crippen LogP contribution in [0.4, 0.5) is 0 Å². The summed E-state index contributed by atoms with van der Waals surface area (Å²) in [5.74, 6) is 1.06. The van der Waals surface area contributed by atoms with Crippen molar-refractivity contribution in [2.24, 2.45) is 0 Å². The second-order valence-electron chi connectivity index (χ2n) is 5.94. The summed E-state index contributed by atoms with van der Waals surface area (Å²) >= 11 is 0. The van der Waals surface area contributed by atoms with Crippen molar-refractivity contribution in [3.63, 3.8) is 0 Å². The van der Waals surface area contributed by atoms with Crippen LogP contribution in [0.15, 0.2) is 23.1 Å². The van der Waals surface area contributed by atoms with Gasteiger partial charge in [0.25, 0.3) is 0 Å². The number of ether oxygens (including phenoxy) is 2. The van der Waals surface area contributed by atoms with Crippen molar-refractivity contribution in [3.8, 4) is 11.5 Å². The molecule has 2 aliphatic heterocycles. The van der Waals surface area contributed by atoms with Crippen molar-refractivity contribution in [1.82, 2.24) is 14.5 Å². The maximum atomic E-state index is 12.8. The van der Waals surface area contributed by atoms with Gasteiger partial charge in [0.15, 0.2) is 11.5 Å². The first kappa shape index (κ1) is 18.0. The van der Waals surface area contributed by atoms with E-state index in [2.05, 4.69) is 5.32 Å². The molecule has 8 nitrogen and oxygen atoms in total. The first-order valence-corrected chi connectivity index (χ1v) is 9.78. The quantitative estimate of drug-likeness (QED) is 0.780. The Morgan fingerprint density at radius 2 is 1.80 bits per heavy atom. The molecular formula is C16H23N3O5S. The van der Waals surface area contributed by atoms with E-state index >= 15 is 0 Å². The third-order valence-electron chi connectivity index (χ3n) is 4.33. The average Bonchev–Trinajstić information content (AvgIpc) is 2.65. The van der Waals surface area contributed by atoms with Gasteiger partial charge in [0, 0.05) is 45.2 Å². The van der Waals surface area contributed by atoms with Crippen molar-refractivity contribution < 1.29 is 22.7 Å². The molecule has 1 amide bonds. The third-order valence-corrected chi connectivity index (χ3v) is 6.23. The predicted octanol–water partition coefficient (Wildman–Crippen LogP) is -0.0998. The Morgan fingerprint density at radius 3 is 2.48 bits per heavy atom. The lowest BCUT2D eigenvalue weighted by atomic mass is 10.3. The lowest BCUT2D eigenvalue weighted by molar-refractivity contribution is -0.132. The molecule has 1 aromatic rings. The monoisotopic (exact) mass is 369 g/mol. The van der Waals surface area contributed by atoms with Crippen LogP contribution in [0, 0.1) is 0 Å². The molecule has 9 heteroatoms. The summed E-state index contributed by atoms with van der Waals surface area (Å²) in [5.41, 5.74) is 0. The van der Waals surface area contributed by atoms with Crippen LogP contribution in [0.1, 0.15) is 6.42 Å². The molecule has 3 rings (SSSR count). The highest BCUT2D eigenvalue weighted by Crippen LogP contribution is 2.33. The molecule has 0 unspecified atom stereocenters. The van der Waals surface area contributed by atoms with Crippen molar-refractivity contribution in [2.45, 2.75) is 11.3 Å². The molecule has 0 aromatic heterocycles. The maximum Gasteiger partial charge on any atom is 0.243 e. The van der Waals surface area contributed by atoms with E-state index in [-0.39, 0.29) is 10.8 Å². The number of piperazine rings is 1. The SMILES string of the molecule is CNCCC(=O)N1CCN(S(=O)(=O)c2ccc3c(c2)OCCO3)CC1. The van der Waals surface area contributed by atoms with Gasteiger partial charge in [-0.15, -0.1) is 0 Å². The van der Waals surface area contributed by atoms with Gasteiger partial charge in [0.1, 0.15) is 13.2 Å². The average molecular weight is 369 g/mol. The largest absolute Gasteiger partial charge is 0.486 e. The Balaban J connectivity index is 1.67. The van der Waals surface area contributed by atoms with Gasteiger partial charge in [0.2, 0.25) is 15.9 Å². The number of hydrogen-bond donors (Lipinski definition) is 1. The van der Waals surface area contributed by atoms with Gasteiger partial charge >= 0.3 is 0 Å². The van der Waals surface area contributed by atoms with Gasteiger partial charge < -0.3 is 19.7 Å². The highest BCUT2D eigenvalue weighted by Gasteiger charge is 2.30. The molecule has 2 heterocycles. The van der Waals surface area contributed by atoms with E-state index in [9.17, 15) is 13.2 Å². The first-order chi connectivity index (χ1) is 12.0. The molecule has 1 fully saturated rings. The molecule has 1 aromatic carbocycles. The number of rotatable bonds is 5. The molecule has 1 saturated heterocycles. The lowest BCUT2D eigenvalue weighted by Crippen LogP contribution is -2.50. The van der Waals surface area contributed by atoms with E-state index in [4.69, 9.17) is 9.47 Å². The van der Waals surface area contributed by atoms with Crippen LogP contribution in [0.5, 0.6) is 11.5 Å². The Bertz CT molecular complexity index is 729. The fraction of sp³-hybridized carbons (Fsp3) is 0.562. The summed E-state index contributed by atoms with van der Waals surface area (Å²) in [7, 11) is -1.82. The van der Waals surface area contributed by atoms with Gasteiger partial charge in [-0.05, 0) is 19.2 Å². The van der Waals surface area contributed by atoms with E-state index in [0.717, 1.165) is 0 Å². The fourth-order valence-corrected chi connectivity index (χ4v) is 4.34. The number of carbonyl (C=O) groups excluding carboxylic acids is 1. The zero-order valence-electron chi connectivity index (χ0n) is 14.2. The summed E-state index contributed by atoms with van der Waals surface area (Å²) in [6.07, 6.45) is 0.422. The zero-order valence-corrected chi connectivity index (χ0v) is 15.0. The van der Waals surface area contributed by atoms with Gasteiger partial charge in [0.05, 0.1) is 4.90 Å². The molecule has 0 saturated carbocycles. The van der Waals surface area contributed by atoms with E-state index in [1.165, 1.54) is 16.4 Å². The highest BCUT2D eigenvalue weighted by molar-refractivity contribution is 7.89. The van der Waals surface area contributed by atoms with Gasteiger partial charge in [-0.1, -0.05) is 0 Å². The van der Waals surface area contributed by atoms with E-state index < -0.39 is 10.0 Å². The summed E-state index contributed by atoms with van der Waals surface area (Å²) in [6.45, 7) is 2.89. The van der Waals surface area contributed by atoms with E-state index in [1.807, 2.05) is 0 Å². The van der Waals surface area contributed by atoms with Crippen molar-refractivity contribution in [1.29, 1.82) is 0 Å². The molecule has 0 radical (unpaired) electrons. The van der Waals surface area contributed by atoms with E-state index in [1.54, 1.807) is 18.0 Å². The Hall–Kier alpha value is -1.84. The summed E-state index contributed by atoms with van der Waals surface area (Å²) in [4.78, 5) is 13.9. The molecule has 0 bridgehead atoms. The molecular weight excluding hydrogens is 346 g/mol. The van der Waals surface area contributed by atoms with Crippen LogP contribution in [0.2, 0.25) is 0 Å². The molecule has 0 atom stereocenters. The molecule has 2 aliphatic rings. The number of nitrogens with one attached hydrogen (secondary N) is 1. The lowest BCUT2D eigenvalue weighted by Gasteiger charge is -2.34. The second kappa shape index (κ2) is 7.59. The smallest absolute Gasteiger partial charge is 0.243 e. The first-order valence-electron chi connectivity index (χ1n) is 8.34. The number of nitrogens with zero attached hydrogens (tertiary/aromatic N) is 2. The standard InChI is InChI=1S/C16H23N3O5S/c1-17-5-4-16(20)18-6-8-19(9-7-18)25(21,22)13-2-3-14-15(12-13)24-11-10-23-14/h2-3,12,17H,4-11H2,1H3. The predicted molar refractivity (Wildman–Crippen MR) is 91.3 cm³/mol. The number of carbonyl (C=O) groups is 1. The normalized spacial score (nSPS) is 18.2. The van der Waals surface area contributed by atoms with Gasteiger partial charge in [-0.3, -0.25) is 4.79 Å². The maximum absolute atomic E-state index is 12.8. The van der Waals surface area contributed by atoms with Crippen LogP contribution < -0.4 is 14.8 Å². The van der Waals surface area contributed by atoms with Crippen LogP contribution in [0.3, 0.4) is 0 Å². The highest BCUT2D eigenvalue weighted by atomic mass is 32.2. The van der Waals surface area contributed by atoms with Gasteiger partial charge in [-0.25, -0.2) is 8.42 Å². The minimum Gasteiger partial charge on any atom is -0.486 e. The topological polar surface area (TPSA) is 88.2 Å². The second-order valence-corrected chi connectivity index (χ2v) is 7.88. The zero-order chi connectivity index (χ0) is 17.9. The third kappa shape index (κ3) is 3.88. The minimum atomic E-state index is -3.61. The Morgan fingerprint density at radius 1 is 1.12 bits per heavy atom. The molecule has 0 aliphatic carbocycles. The summed E-state index contributed by atoms with van der Waals surface area (Å²) in [6, 6.07) is 4.67. The molecule has 25 heavy (non-hydrogen) atoms.